The van der Waals surface area contributed by atoms with E-state index >= 15 is 0 Å². The molecule has 1 fully saturated rings. The average Bonchev–Trinajstić information content (AvgIpc) is 3.16. The molecule has 3 aromatic rings. The molecule has 1 aliphatic rings. The highest BCUT2D eigenvalue weighted by Crippen LogP contribution is 2.38. The number of hydrogen-bond acceptors (Lipinski definition) is 3. The first kappa shape index (κ1) is 23.9. The van der Waals surface area contributed by atoms with E-state index in [0.29, 0.717) is 13.1 Å². The van der Waals surface area contributed by atoms with Gasteiger partial charge in [-0.2, -0.15) is 0 Å². The SMILES string of the molecule is Cc1cccc(C(CC(=O)O)c2cn(C3CCN(C(=O)OC(C)(C)C)CC3)c3ccccc23)c1. The maximum absolute atomic E-state index is 12.5. The standard InChI is InChI=1S/C28H34N2O4/c1-19-8-7-9-20(16-19)23(17-26(31)32)24-18-30(25-11-6-5-10-22(24)25)21-12-14-29(15-13-21)27(33)34-28(2,3)4/h5-11,16,18,21,23H,12-15,17H2,1-4H3,(H,31,32). The molecule has 34 heavy (non-hydrogen) atoms. The smallest absolute Gasteiger partial charge is 0.410 e. The Balaban J connectivity index is 1.65. The first-order chi connectivity index (χ1) is 16.1. The number of carbonyl (C=O) groups is 2. The first-order valence-electron chi connectivity index (χ1n) is 12.0. The van der Waals surface area contributed by atoms with Crippen LogP contribution in [0.1, 0.15) is 68.7 Å². The lowest BCUT2D eigenvalue weighted by Crippen LogP contribution is -2.42. The maximum atomic E-state index is 12.5. The van der Waals surface area contributed by atoms with Gasteiger partial charge in [-0.05, 0) is 57.7 Å². The Morgan fingerprint density at radius 3 is 2.44 bits per heavy atom. The Kier molecular flexibility index (Phi) is 6.69. The topological polar surface area (TPSA) is 71.8 Å². The normalized spacial score (nSPS) is 15.9. The number of hydrogen-bond donors (Lipinski definition) is 1. The lowest BCUT2D eigenvalue weighted by Gasteiger charge is -2.34. The van der Waals surface area contributed by atoms with E-state index in [9.17, 15) is 14.7 Å². The van der Waals surface area contributed by atoms with Crippen molar-refractivity contribution in [3.63, 3.8) is 0 Å². The van der Waals surface area contributed by atoms with Crippen LogP contribution in [-0.4, -0.2) is 45.3 Å². The van der Waals surface area contributed by atoms with Crippen molar-refractivity contribution >= 4 is 23.0 Å². The maximum Gasteiger partial charge on any atom is 0.410 e. The Labute approximate surface area is 201 Å². The summed E-state index contributed by atoms with van der Waals surface area (Å²) in [4.78, 5) is 26.1. The van der Waals surface area contributed by atoms with Crippen LogP contribution in [-0.2, 0) is 9.53 Å². The Bertz CT molecular complexity index is 1180. The third-order valence-corrected chi connectivity index (χ3v) is 6.48. The van der Waals surface area contributed by atoms with Crippen molar-refractivity contribution in [2.45, 2.75) is 64.5 Å². The van der Waals surface area contributed by atoms with Gasteiger partial charge in [0, 0.05) is 42.1 Å². The third kappa shape index (κ3) is 5.27. The second-order valence-corrected chi connectivity index (χ2v) is 10.3. The van der Waals surface area contributed by atoms with Gasteiger partial charge in [-0.25, -0.2) is 4.79 Å². The van der Waals surface area contributed by atoms with E-state index in [-0.39, 0.29) is 24.5 Å². The number of piperidine rings is 1. The number of ether oxygens (including phenoxy) is 1. The molecule has 0 spiro atoms. The summed E-state index contributed by atoms with van der Waals surface area (Å²) < 4.78 is 7.84. The van der Waals surface area contributed by atoms with Crippen molar-refractivity contribution in [2.75, 3.05) is 13.1 Å². The predicted molar refractivity (Wildman–Crippen MR) is 133 cm³/mol. The van der Waals surface area contributed by atoms with E-state index < -0.39 is 11.6 Å². The number of carboxylic acid groups (broad SMARTS) is 1. The van der Waals surface area contributed by atoms with Crippen molar-refractivity contribution < 1.29 is 19.4 Å². The number of amides is 1. The Hall–Kier alpha value is -3.28. The summed E-state index contributed by atoms with van der Waals surface area (Å²) in [6, 6.07) is 16.6. The van der Waals surface area contributed by atoms with Crippen molar-refractivity contribution in [1.82, 2.24) is 9.47 Å². The largest absolute Gasteiger partial charge is 0.481 e. The van der Waals surface area contributed by atoms with E-state index in [1.54, 1.807) is 4.90 Å². The van der Waals surface area contributed by atoms with Gasteiger partial charge in [0.25, 0.3) is 0 Å². The molecule has 0 bridgehead atoms. The molecule has 2 heterocycles. The van der Waals surface area contributed by atoms with Gasteiger partial charge in [-0.15, -0.1) is 0 Å². The second-order valence-electron chi connectivity index (χ2n) is 10.3. The fraction of sp³-hybridized carbons (Fsp3) is 0.429. The summed E-state index contributed by atoms with van der Waals surface area (Å²) in [6.07, 6.45) is 3.57. The molecule has 1 atom stereocenters. The molecular formula is C28H34N2O4. The number of nitrogens with zero attached hydrogens (tertiary/aromatic N) is 2. The van der Waals surface area contributed by atoms with E-state index in [1.807, 2.05) is 58.0 Å². The molecule has 4 rings (SSSR count). The summed E-state index contributed by atoms with van der Waals surface area (Å²) in [6.45, 7) is 8.95. The van der Waals surface area contributed by atoms with Crippen molar-refractivity contribution in [1.29, 1.82) is 0 Å². The number of aliphatic carboxylic acids is 1. The van der Waals surface area contributed by atoms with Crippen LogP contribution in [0.5, 0.6) is 0 Å². The zero-order chi connectivity index (χ0) is 24.5. The zero-order valence-electron chi connectivity index (χ0n) is 20.5. The number of aryl methyl sites for hydroxylation is 1. The molecule has 2 aromatic carbocycles. The average molecular weight is 463 g/mol. The highest BCUT2D eigenvalue weighted by molar-refractivity contribution is 5.86. The van der Waals surface area contributed by atoms with Crippen molar-refractivity contribution in [3.05, 3.63) is 71.4 Å². The molecule has 6 nitrogen and oxygen atoms in total. The third-order valence-electron chi connectivity index (χ3n) is 6.48. The van der Waals surface area contributed by atoms with Gasteiger partial charge >= 0.3 is 12.1 Å². The second kappa shape index (κ2) is 9.53. The number of aromatic nitrogens is 1. The van der Waals surface area contributed by atoms with Crippen LogP contribution >= 0.6 is 0 Å². The molecule has 1 unspecified atom stereocenters. The fourth-order valence-electron chi connectivity index (χ4n) is 4.93. The highest BCUT2D eigenvalue weighted by atomic mass is 16.6. The Morgan fingerprint density at radius 1 is 1.09 bits per heavy atom. The van der Waals surface area contributed by atoms with Crippen molar-refractivity contribution in [2.24, 2.45) is 0 Å². The summed E-state index contributed by atoms with van der Waals surface area (Å²) in [7, 11) is 0. The predicted octanol–water partition coefficient (Wildman–Crippen LogP) is 6.13. The number of carbonyl (C=O) groups excluding carboxylic acids is 1. The zero-order valence-corrected chi connectivity index (χ0v) is 20.5. The highest BCUT2D eigenvalue weighted by Gasteiger charge is 2.29. The lowest BCUT2D eigenvalue weighted by molar-refractivity contribution is -0.137. The Morgan fingerprint density at radius 2 is 1.79 bits per heavy atom. The van der Waals surface area contributed by atoms with Gasteiger partial charge in [-0.1, -0.05) is 48.0 Å². The summed E-state index contributed by atoms with van der Waals surface area (Å²) in [5.41, 5.74) is 3.78. The monoisotopic (exact) mass is 462 g/mol. The number of benzene rings is 2. The molecule has 1 saturated heterocycles. The first-order valence-corrected chi connectivity index (χ1v) is 12.0. The van der Waals surface area contributed by atoms with E-state index in [1.165, 1.54) is 0 Å². The lowest BCUT2D eigenvalue weighted by atomic mass is 9.87. The van der Waals surface area contributed by atoms with Crippen LogP contribution in [0.15, 0.2) is 54.7 Å². The molecule has 1 aliphatic heterocycles. The molecule has 1 N–H and O–H groups in total. The van der Waals surface area contributed by atoms with Gasteiger partial charge in [0.15, 0.2) is 0 Å². The molecule has 180 valence electrons. The van der Waals surface area contributed by atoms with E-state index in [0.717, 1.165) is 40.4 Å². The molecule has 0 aliphatic carbocycles. The minimum Gasteiger partial charge on any atom is -0.481 e. The van der Waals surface area contributed by atoms with Gasteiger partial charge in [0.1, 0.15) is 5.60 Å². The van der Waals surface area contributed by atoms with Crippen LogP contribution in [0.25, 0.3) is 10.9 Å². The van der Waals surface area contributed by atoms with E-state index in [4.69, 9.17) is 4.74 Å². The molecule has 0 saturated carbocycles. The summed E-state index contributed by atoms with van der Waals surface area (Å²) in [5.74, 6) is -1.04. The van der Waals surface area contributed by atoms with Crippen LogP contribution in [0.2, 0.25) is 0 Å². The van der Waals surface area contributed by atoms with Gasteiger partial charge in [0.2, 0.25) is 0 Å². The molecule has 6 heteroatoms. The number of likely N-dealkylation sites (tertiary alicyclic amines) is 1. The number of rotatable bonds is 5. The van der Waals surface area contributed by atoms with Crippen molar-refractivity contribution in [3.8, 4) is 0 Å². The number of fused-ring (bicyclic) bond motifs is 1. The molecule has 0 radical (unpaired) electrons. The molecular weight excluding hydrogens is 428 g/mol. The minimum atomic E-state index is -0.811. The number of para-hydroxylation sites is 1. The summed E-state index contributed by atoms with van der Waals surface area (Å²) in [5, 5.41) is 10.8. The van der Waals surface area contributed by atoms with Crippen LogP contribution < -0.4 is 0 Å². The van der Waals surface area contributed by atoms with Gasteiger partial charge < -0.3 is 19.3 Å². The van der Waals surface area contributed by atoms with Crippen LogP contribution in [0, 0.1) is 6.92 Å². The van der Waals surface area contributed by atoms with Gasteiger partial charge in [-0.3, -0.25) is 4.79 Å². The van der Waals surface area contributed by atoms with Crippen LogP contribution in [0.3, 0.4) is 0 Å². The minimum absolute atomic E-state index is 0.0363. The molecule has 1 aromatic heterocycles. The summed E-state index contributed by atoms with van der Waals surface area (Å²) >= 11 is 0. The number of carboxylic acids is 1. The fourth-order valence-corrected chi connectivity index (χ4v) is 4.93. The van der Waals surface area contributed by atoms with E-state index in [2.05, 4.69) is 29.0 Å². The van der Waals surface area contributed by atoms with Gasteiger partial charge in [0.05, 0.1) is 6.42 Å². The quantitative estimate of drug-likeness (QED) is 0.495. The molecule has 1 amide bonds. The van der Waals surface area contributed by atoms with Crippen LogP contribution in [0.4, 0.5) is 4.79 Å².